The van der Waals surface area contributed by atoms with Crippen LogP contribution in [0.25, 0.3) is 5.69 Å². The summed E-state index contributed by atoms with van der Waals surface area (Å²) in [7, 11) is 0. The molecule has 0 bridgehead atoms. The summed E-state index contributed by atoms with van der Waals surface area (Å²) in [5.74, 6) is 1.63. The van der Waals surface area contributed by atoms with E-state index in [0.717, 1.165) is 34.9 Å². The number of aromatic nitrogens is 2. The third kappa shape index (κ3) is 2.40. The zero-order valence-electron chi connectivity index (χ0n) is 9.84. The molecule has 1 aliphatic heterocycles. The van der Waals surface area contributed by atoms with Crippen LogP contribution in [0.2, 0.25) is 10.0 Å². The molecule has 2 aromatic rings. The van der Waals surface area contributed by atoms with E-state index in [4.69, 9.17) is 23.2 Å². The number of hydrogen-bond donors (Lipinski definition) is 0. The van der Waals surface area contributed by atoms with Gasteiger partial charge in [0.05, 0.1) is 21.3 Å². The first-order valence-corrected chi connectivity index (χ1v) is 7.49. The molecule has 1 aromatic heterocycles. The van der Waals surface area contributed by atoms with Crippen molar-refractivity contribution in [2.75, 3.05) is 0 Å². The van der Waals surface area contributed by atoms with Gasteiger partial charge in [-0.25, -0.2) is 4.68 Å². The van der Waals surface area contributed by atoms with Crippen molar-refractivity contribution in [3.8, 4) is 5.69 Å². The van der Waals surface area contributed by atoms with Crippen molar-refractivity contribution in [1.82, 2.24) is 9.78 Å². The fourth-order valence-electron chi connectivity index (χ4n) is 2.01. The average Bonchev–Trinajstić information content (AvgIpc) is 2.87. The molecule has 0 amide bonds. The Morgan fingerprint density at radius 2 is 1.80 bits per heavy atom. The van der Waals surface area contributed by atoms with Crippen LogP contribution < -0.4 is 0 Å². The largest absolute Gasteiger partial charge is 0.416 e. The maximum Gasteiger partial charge on any atom is 0.416 e. The fraction of sp³-hybridized carbons (Fsp3) is 0.250. The predicted molar refractivity (Wildman–Crippen MR) is 73.6 cm³/mol. The summed E-state index contributed by atoms with van der Waals surface area (Å²) < 4.78 is 39.5. The molecule has 0 N–H and O–H groups in total. The Morgan fingerprint density at radius 3 is 2.35 bits per heavy atom. The van der Waals surface area contributed by atoms with E-state index in [9.17, 15) is 13.2 Å². The third-order valence-electron chi connectivity index (χ3n) is 2.95. The Morgan fingerprint density at radius 1 is 1.15 bits per heavy atom. The summed E-state index contributed by atoms with van der Waals surface area (Å²) >= 11 is 13.6. The van der Waals surface area contributed by atoms with Gasteiger partial charge in [0.1, 0.15) is 5.69 Å². The van der Waals surface area contributed by atoms with Gasteiger partial charge >= 0.3 is 6.18 Å². The minimum absolute atomic E-state index is 0.0707. The summed E-state index contributed by atoms with van der Waals surface area (Å²) in [6, 6.07) is 1.73. The zero-order valence-corrected chi connectivity index (χ0v) is 12.2. The molecule has 0 saturated heterocycles. The second kappa shape index (κ2) is 4.86. The molecule has 2 nitrogen and oxygen atoms in total. The Hall–Kier alpha value is -0.850. The molecule has 106 valence electrons. The topological polar surface area (TPSA) is 17.8 Å². The summed E-state index contributed by atoms with van der Waals surface area (Å²) in [5, 5.41) is 4.18. The summed E-state index contributed by atoms with van der Waals surface area (Å²) in [6.45, 7) is 0. The Balaban J connectivity index is 2.10. The highest BCUT2D eigenvalue weighted by Gasteiger charge is 2.32. The number of rotatable bonds is 1. The zero-order chi connectivity index (χ0) is 14.5. The molecular formula is C12H7Cl2F3N2S. The van der Waals surface area contributed by atoms with Crippen molar-refractivity contribution < 1.29 is 13.2 Å². The van der Waals surface area contributed by atoms with Gasteiger partial charge in [0.2, 0.25) is 0 Å². The van der Waals surface area contributed by atoms with Gasteiger partial charge in [0, 0.05) is 23.3 Å². The van der Waals surface area contributed by atoms with Crippen LogP contribution in [-0.2, 0) is 17.7 Å². The van der Waals surface area contributed by atoms with E-state index in [-0.39, 0.29) is 15.7 Å². The summed E-state index contributed by atoms with van der Waals surface area (Å²) in [5.41, 5.74) is 1.39. The number of benzene rings is 1. The van der Waals surface area contributed by atoms with Crippen molar-refractivity contribution >= 4 is 35.0 Å². The standard InChI is InChI=1S/C12H7Cl2F3N2S/c13-8-1-7(12(15,16)17)2-9(14)11(8)19-3-6-4-20-5-10(6)18-19/h1-3H,4-5H2. The molecule has 0 radical (unpaired) electrons. The van der Waals surface area contributed by atoms with Crippen LogP contribution >= 0.6 is 35.0 Å². The molecule has 0 unspecified atom stereocenters. The van der Waals surface area contributed by atoms with Crippen LogP contribution in [0.4, 0.5) is 13.2 Å². The molecule has 1 aliphatic rings. The van der Waals surface area contributed by atoms with E-state index in [0.29, 0.717) is 0 Å². The van der Waals surface area contributed by atoms with Gasteiger partial charge in [-0.15, -0.1) is 0 Å². The molecule has 1 aromatic carbocycles. The van der Waals surface area contributed by atoms with Gasteiger partial charge in [-0.3, -0.25) is 0 Å². The molecule has 8 heteroatoms. The normalized spacial score (nSPS) is 14.7. The second-order valence-electron chi connectivity index (χ2n) is 4.32. The first-order valence-electron chi connectivity index (χ1n) is 5.58. The minimum Gasteiger partial charge on any atom is -0.237 e. The first-order chi connectivity index (χ1) is 9.36. The lowest BCUT2D eigenvalue weighted by atomic mass is 10.2. The Labute approximate surface area is 126 Å². The maximum absolute atomic E-state index is 12.7. The Bertz CT molecular complexity index is 637. The van der Waals surface area contributed by atoms with Gasteiger partial charge in [-0.05, 0) is 12.1 Å². The monoisotopic (exact) mass is 338 g/mol. The smallest absolute Gasteiger partial charge is 0.237 e. The molecule has 20 heavy (non-hydrogen) atoms. The van der Waals surface area contributed by atoms with Crippen LogP contribution in [0.15, 0.2) is 18.3 Å². The van der Waals surface area contributed by atoms with E-state index < -0.39 is 11.7 Å². The highest BCUT2D eigenvalue weighted by atomic mass is 35.5. The molecule has 0 atom stereocenters. The molecule has 3 rings (SSSR count). The number of nitrogens with zero attached hydrogens (tertiary/aromatic N) is 2. The van der Waals surface area contributed by atoms with Crippen LogP contribution in [0.5, 0.6) is 0 Å². The van der Waals surface area contributed by atoms with E-state index in [2.05, 4.69) is 5.10 Å². The minimum atomic E-state index is -4.48. The van der Waals surface area contributed by atoms with Crippen molar-refractivity contribution in [1.29, 1.82) is 0 Å². The van der Waals surface area contributed by atoms with Crippen molar-refractivity contribution in [3.05, 3.63) is 45.2 Å². The molecule has 0 aliphatic carbocycles. The third-order valence-corrected chi connectivity index (χ3v) is 4.52. The lowest BCUT2D eigenvalue weighted by molar-refractivity contribution is -0.137. The molecule has 0 spiro atoms. The highest BCUT2D eigenvalue weighted by molar-refractivity contribution is 7.98. The lowest BCUT2D eigenvalue weighted by Crippen LogP contribution is -2.07. The number of alkyl halides is 3. The number of hydrogen-bond acceptors (Lipinski definition) is 2. The first kappa shape index (κ1) is 14.1. The van der Waals surface area contributed by atoms with Gasteiger partial charge in [-0.1, -0.05) is 23.2 Å². The predicted octanol–water partition coefficient (Wildman–Crippen LogP) is 4.94. The quantitative estimate of drug-likeness (QED) is 0.732. The highest BCUT2D eigenvalue weighted by Crippen LogP contribution is 2.38. The van der Waals surface area contributed by atoms with Gasteiger partial charge in [0.15, 0.2) is 0 Å². The SMILES string of the molecule is FC(F)(F)c1cc(Cl)c(-n2cc3c(n2)CSC3)c(Cl)c1. The van der Waals surface area contributed by atoms with Gasteiger partial charge in [0.25, 0.3) is 0 Å². The number of thioether (sulfide) groups is 1. The fourth-order valence-corrected chi connectivity index (χ4v) is 3.67. The second-order valence-corrected chi connectivity index (χ2v) is 6.12. The van der Waals surface area contributed by atoms with Crippen molar-refractivity contribution in [2.45, 2.75) is 17.7 Å². The van der Waals surface area contributed by atoms with Crippen molar-refractivity contribution in [3.63, 3.8) is 0 Å². The maximum atomic E-state index is 12.7. The van der Waals surface area contributed by atoms with Crippen molar-refractivity contribution in [2.24, 2.45) is 0 Å². The van der Waals surface area contributed by atoms with Gasteiger partial charge in [-0.2, -0.15) is 30.0 Å². The van der Waals surface area contributed by atoms with E-state index >= 15 is 0 Å². The van der Waals surface area contributed by atoms with E-state index in [1.807, 2.05) is 0 Å². The Kier molecular flexibility index (Phi) is 3.43. The number of fused-ring (bicyclic) bond motifs is 1. The van der Waals surface area contributed by atoms with Crippen LogP contribution in [0.3, 0.4) is 0 Å². The summed E-state index contributed by atoms with van der Waals surface area (Å²) in [4.78, 5) is 0. The van der Waals surface area contributed by atoms with Crippen LogP contribution in [0.1, 0.15) is 16.8 Å². The van der Waals surface area contributed by atoms with E-state index in [1.54, 1.807) is 18.0 Å². The number of halogens is 5. The molecule has 0 fully saturated rings. The molecule has 2 heterocycles. The average molecular weight is 339 g/mol. The molecule has 0 saturated carbocycles. The molecular weight excluding hydrogens is 332 g/mol. The van der Waals surface area contributed by atoms with Gasteiger partial charge < -0.3 is 0 Å². The lowest BCUT2D eigenvalue weighted by Gasteiger charge is -2.12. The van der Waals surface area contributed by atoms with E-state index in [1.165, 1.54) is 4.68 Å². The van der Waals surface area contributed by atoms with Crippen LogP contribution in [-0.4, -0.2) is 9.78 Å². The summed E-state index contributed by atoms with van der Waals surface area (Å²) in [6.07, 6.45) is -2.72. The van der Waals surface area contributed by atoms with Crippen LogP contribution in [0, 0.1) is 0 Å².